The van der Waals surface area contributed by atoms with E-state index in [0.717, 1.165) is 11.1 Å². The van der Waals surface area contributed by atoms with Crippen molar-refractivity contribution >= 4 is 22.6 Å². The van der Waals surface area contributed by atoms with Gasteiger partial charge in [0.05, 0.1) is 16.7 Å². The molecule has 0 aliphatic rings. The highest BCUT2D eigenvalue weighted by molar-refractivity contribution is 7.80. The number of nitro groups is 1. The fraction of sp³-hybridized carbons (Fsp3) is 0.100. The first-order valence-corrected chi connectivity index (χ1v) is 9.36. The molecule has 0 aromatic heterocycles. The zero-order valence-electron chi connectivity index (χ0n) is 14.3. The topological polar surface area (TPSA) is 83.7 Å². The van der Waals surface area contributed by atoms with Gasteiger partial charge in [0, 0.05) is 12.1 Å². The van der Waals surface area contributed by atoms with Crippen LogP contribution in [0.1, 0.15) is 17.2 Å². The quantitative estimate of drug-likeness (QED) is 0.370. The van der Waals surface area contributed by atoms with E-state index in [-0.39, 0.29) is 5.69 Å². The minimum Gasteiger partial charge on any atom is -0.289 e. The molecule has 138 valence electrons. The molecule has 0 amide bonds. The number of benzene rings is 3. The van der Waals surface area contributed by atoms with Crippen molar-refractivity contribution in [1.82, 2.24) is 0 Å². The van der Waals surface area contributed by atoms with Crippen LogP contribution < -0.4 is 4.31 Å². The number of non-ortho nitro benzene ring substituents is 1. The van der Waals surface area contributed by atoms with E-state index in [0.29, 0.717) is 12.1 Å². The second kappa shape index (κ2) is 8.57. The molecule has 27 heavy (non-hydrogen) atoms. The van der Waals surface area contributed by atoms with Crippen LogP contribution in [-0.4, -0.2) is 13.7 Å². The van der Waals surface area contributed by atoms with E-state index in [4.69, 9.17) is 0 Å². The molecule has 0 heterocycles. The Morgan fingerprint density at radius 2 is 1.48 bits per heavy atom. The van der Waals surface area contributed by atoms with Crippen molar-refractivity contribution in [2.45, 2.75) is 12.5 Å². The summed E-state index contributed by atoms with van der Waals surface area (Å²) < 4.78 is 23.6. The Balaban J connectivity index is 2.03. The lowest BCUT2D eigenvalue weighted by Crippen LogP contribution is -2.31. The van der Waals surface area contributed by atoms with Crippen molar-refractivity contribution in [2.75, 3.05) is 4.31 Å². The number of rotatable bonds is 7. The molecule has 6 nitrogen and oxygen atoms in total. The SMILES string of the molecule is O=[N+]([O-])c1ccc(N([C@H](Cc2ccccc2)c2ccccc2)S(=O)O)cc1. The lowest BCUT2D eigenvalue weighted by molar-refractivity contribution is -0.384. The van der Waals surface area contributed by atoms with Crippen molar-refractivity contribution in [1.29, 1.82) is 0 Å². The Morgan fingerprint density at radius 3 is 2.00 bits per heavy atom. The zero-order chi connectivity index (χ0) is 19.2. The minimum absolute atomic E-state index is 0.0678. The van der Waals surface area contributed by atoms with Crippen molar-refractivity contribution in [3.05, 3.63) is 106 Å². The third kappa shape index (κ3) is 4.58. The van der Waals surface area contributed by atoms with E-state index in [1.165, 1.54) is 28.6 Å². The Labute approximate surface area is 159 Å². The molecule has 0 fully saturated rings. The molecule has 0 spiro atoms. The monoisotopic (exact) mass is 382 g/mol. The van der Waals surface area contributed by atoms with Crippen molar-refractivity contribution in [3.63, 3.8) is 0 Å². The van der Waals surface area contributed by atoms with E-state index >= 15 is 0 Å². The van der Waals surface area contributed by atoms with E-state index in [9.17, 15) is 18.9 Å². The maximum atomic E-state index is 12.2. The number of hydrogen-bond acceptors (Lipinski definition) is 3. The summed E-state index contributed by atoms with van der Waals surface area (Å²) in [5, 5.41) is 10.9. The molecule has 0 saturated heterocycles. The summed E-state index contributed by atoms with van der Waals surface area (Å²) in [7, 11) is 0. The number of nitro benzene ring substituents is 1. The minimum atomic E-state index is -2.31. The predicted octanol–water partition coefficient (Wildman–Crippen LogP) is 4.52. The summed E-state index contributed by atoms with van der Waals surface area (Å²) in [4.78, 5) is 10.4. The Hall–Kier alpha value is -3.03. The van der Waals surface area contributed by atoms with Crippen molar-refractivity contribution in [2.24, 2.45) is 0 Å². The van der Waals surface area contributed by atoms with Crippen molar-refractivity contribution < 1.29 is 13.7 Å². The van der Waals surface area contributed by atoms with Gasteiger partial charge in [-0.15, -0.1) is 0 Å². The van der Waals surface area contributed by atoms with Gasteiger partial charge >= 0.3 is 0 Å². The molecule has 3 aromatic rings. The molecule has 0 bridgehead atoms. The number of anilines is 1. The van der Waals surface area contributed by atoms with Gasteiger partial charge in [0.15, 0.2) is 0 Å². The first-order valence-electron chi connectivity index (χ1n) is 8.30. The van der Waals surface area contributed by atoms with E-state index in [2.05, 4.69) is 0 Å². The van der Waals surface area contributed by atoms with Gasteiger partial charge < -0.3 is 0 Å². The highest BCUT2D eigenvalue weighted by Gasteiger charge is 2.26. The standard InChI is InChI=1S/C20H18N2O4S/c23-22(24)19-13-11-18(12-14-19)21(27(25)26)20(17-9-5-2-6-10-17)15-16-7-3-1-4-8-16/h1-14,20H,15H2,(H,25,26)/t20-/m1/s1. The van der Waals surface area contributed by atoms with E-state index < -0.39 is 22.2 Å². The summed E-state index contributed by atoms with van der Waals surface area (Å²) in [6, 6.07) is 24.4. The van der Waals surface area contributed by atoms with Crippen molar-refractivity contribution in [3.8, 4) is 0 Å². The molecule has 0 aliphatic heterocycles. The van der Waals surface area contributed by atoms with Crippen LogP contribution in [0.25, 0.3) is 0 Å². The van der Waals surface area contributed by atoms with Gasteiger partial charge in [-0.1, -0.05) is 60.7 Å². The molecule has 1 N–H and O–H groups in total. The number of nitrogens with zero attached hydrogens (tertiary/aromatic N) is 2. The molecule has 2 atom stereocenters. The lowest BCUT2D eigenvalue weighted by atomic mass is 9.98. The highest BCUT2D eigenvalue weighted by Crippen LogP contribution is 2.32. The second-order valence-corrected chi connectivity index (χ2v) is 6.80. The second-order valence-electron chi connectivity index (χ2n) is 5.95. The Bertz CT molecular complexity index is 918. The van der Waals surface area contributed by atoms with Crippen LogP contribution in [0.15, 0.2) is 84.9 Å². The molecule has 0 saturated carbocycles. The molecule has 7 heteroatoms. The first kappa shape index (κ1) is 18.8. The van der Waals surface area contributed by atoms with Gasteiger partial charge in [-0.25, -0.2) is 4.21 Å². The first-order chi connectivity index (χ1) is 13.1. The Kier molecular flexibility index (Phi) is 5.95. The third-order valence-electron chi connectivity index (χ3n) is 4.22. The fourth-order valence-corrected chi connectivity index (χ4v) is 3.66. The average molecular weight is 382 g/mol. The van der Waals surface area contributed by atoms with Crippen LogP contribution in [0.2, 0.25) is 0 Å². The van der Waals surface area contributed by atoms with Gasteiger partial charge in [-0.05, 0) is 29.7 Å². The normalized spacial score (nSPS) is 12.9. The summed E-state index contributed by atoms with van der Waals surface area (Å²) in [6.07, 6.45) is 0.508. The van der Waals surface area contributed by atoms with Gasteiger partial charge in [-0.2, -0.15) is 0 Å². The zero-order valence-corrected chi connectivity index (χ0v) is 15.2. The molecule has 3 rings (SSSR count). The highest BCUT2D eigenvalue weighted by atomic mass is 32.2. The molecule has 0 radical (unpaired) electrons. The maximum absolute atomic E-state index is 12.2. The fourth-order valence-electron chi connectivity index (χ4n) is 2.95. The molecule has 0 aliphatic carbocycles. The molecule has 3 aromatic carbocycles. The maximum Gasteiger partial charge on any atom is 0.269 e. The van der Waals surface area contributed by atoms with E-state index in [1.54, 1.807) is 0 Å². The largest absolute Gasteiger partial charge is 0.289 e. The van der Waals surface area contributed by atoms with Crippen LogP contribution in [0.3, 0.4) is 0 Å². The van der Waals surface area contributed by atoms with Gasteiger partial charge in [0.1, 0.15) is 0 Å². The third-order valence-corrected chi connectivity index (χ3v) is 5.02. The molecular weight excluding hydrogens is 364 g/mol. The van der Waals surface area contributed by atoms with Crippen LogP contribution in [0, 0.1) is 10.1 Å². The van der Waals surface area contributed by atoms with Gasteiger partial charge in [0.25, 0.3) is 17.0 Å². The number of hydrogen-bond donors (Lipinski definition) is 1. The smallest absolute Gasteiger partial charge is 0.269 e. The summed E-state index contributed by atoms with van der Waals surface area (Å²) in [6.45, 7) is 0. The van der Waals surface area contributed by atoms with Crippen LogP contribution in [0.4, 0.5) is 11.4 Å². The summed E-state index contributed by atoms with van der Waals surface area (Å²) in [5.74, 6) is 0. The molecular formula is C20H18N2O4S. The predicted molar refractivity (Wildman–Crippen MR) is 106 cm³/mol. The summed E-state index contributed by atoms with van der Waals surface area (Å²) >= 11 is -2.31. The van der Waals surface area contributed by atoms with Gasteiger partial charge in [0.2, 0.25) is 0 Å². The van der Waals surface area contributed by atoms with Crippen LogP contribution in [0.5, 0.6) is 0 Å². The van der Waals surface area contributed by atoms with Crippen LogP contribution in [-0.2, 0) is 17.7 Å². The molecule has 1 unspecified atom stereocenters. The van der Waals surface area contributed by atoms with Gasteiger partial charge in [-0.3, -0.25) is 19.0 Å². The summed E-state index contributed by atoms with van der Waals surface area (Å²) in [5.41, 5.74) is 2.26. The average Bonchev–Trinajstić information content (AvgIpc) is 2.69. The van der Waals surface area contributed by atoms with E-state index in [1.807, 2.05) is 60.7 Å². The lowest BCUT2D eigenvalue weighted by Gasteiger charge is -2.30. The van der Waals surface area contributed by atoms with Crippen LogP contribution >= 0.6 is 0 Å². The Morgan fingerprint density at radius 1 is 0.926 bits per heavy atom.